The second-order valence-electron chi connectivity index (χ2n) is 14.7. The molecular weight excluding hydrogens is 705 g/mol. The third-order valence-corrected chi connectivity index (χ3v) is 10.2. The van der Waals surface area contributed by atoms with Crippen LogP contribution in [0.15, 0.2) is 36.7 Å². The topological polar surface area (TPSA) is 144 Å². The summed E-state index contributed by atoms with van der Waals surface area (Å²) in [6, 6.07) is 7.93. The lowest BCUT2D eigenvalue weighted by atomic mass is 9.85. The SMILES string of the molecule is CNC(C)C(=O)NC(C(=O)N1CCCC1C(=O)Nc1cc2c(Nc3ccc(N4CCN(C(C)C)CC4)c(Cl)c3)ncnc2cc1OC)C(C)(C)C.Cl. The Kier molecular flexibility index (Phi) is 13.6. The Morgan fingerprint density at radius 1 is 1.00 bits per heavy atom. The van der Waals surface area contributed by atoms with Crippen LogP contribution in [0.4, 0.5) is 22.9 Å². The molecule has 3 unspecified atom stereocenters. The van der Waals surface area contributed by atoms with Crippen LogP contribution in [0.5, 0.6) is 5.75 Å². The Morgan fingerprint density at radius 3 is 2.33 bits per heavy atom. The van der Waals surface area contributed by atoms with Crippen molar-refractivity contribution in [2.24, 2.45) is 5.41 Å². The van der Waals surface area contributed by atoms with Gasteiger partial charge in [-0.1, -0.05) is 32.4 Å². The summed E-state index contributed by atoms with van der Waals surface area (Å²) in [5.41, 5.74) is 2.21. The van der Waals surface area contributed by atoms with Crippen molar-refractivity contribution in [1.29, 1.82) is 0 Å². The normalized spacial score (nSPS) is 17.8. The van der Waals surface area contributed by atoms with Gasteiger partial charge in [-0.15, -0.1) is 12.4 Å². The summed E-state index contributed by atoms with van der Waals surface area (Å²) in [7, 11) is 3.21. The van der Waals surface area contributed by atoms with Gasteiger partial charge in [0.1, 0.15) is 30.0 Å². The molecule has 0 aliphatic carbocycles. The second kappa shape index (κ2) is 17.3. The van der Waals surface area contributed by atoms with Crippen molar-refractivity contribution in [3.63, 3.8) is 0 Å². The van der Waals surface area contributed by atoms with Crippen LogP contribution in [-0.2, 0) is 14.4 Å². The van der Waals surface area contributed by atoms with E-state index in [1.807, 2.05) is 39.0 Å². The molecular formula is C37H53Cl2N9O4. The molecule has 0 saturated carbocycles. The van der Waals surface area contributed by atoms with Gasteiger partial charge in [0.25, 0.3) is 0 Å². The fourth-order valence-electron chi connectivity index (χ4n) is 6.64. The van der Waals surface area contributed by atoms with Gasteiger partial charge in [0.15, 0.2) is 0 Å². The highest BCUT2D eigenvalue weighted by atomic mass is 35.5. The van der Waals surface area contributed by atoms with Crippen LogP contribution in [0, 0.1) is 5.41 Å². The molecule has 3 amide bonds. The first kappa shape index (κ1) is 40.9. The average Bonchev–Trinajstić information content (AvgIpc) is 3.60. The number of fused-ring (bicyclic) bond motifs is 1. The maximum atomic E-state index is 13.9. The van der Waals surface area contributed by atoms with Crippen LogP contribution >= 0.6 is 24.0 Å². The number of likely N-dealkylation sites (tertiary alicyclic amines) is 1. The zero-order chi connectivity index (χ0) is 37.0. The minimum absolute atomic E-state index is 0. The van der Waals surface area contributed by atoms with Crippen molar-refractivity contribution in [2.75, 3.05) is 62.4 Å². The van der Waals surface area contributed by atoms with Crippen LogP contribution < -0.4 is 30.9 Å². The van der Waals surface area contributed by atoms with Crippen LogP contribution in [0.2, 0.25) is 5.02 Å². The molecule has 15 heteroatoms. The molecule has 2 aliphatic rings. The Bertz CT molecular complexity index is 1740. The number of aromatic nitrogens is 2. The van der Waals surface area contributed by atoms with E-state index in [2.05, 4.69) is 54.9 Å². The number of anilines is 4. The van der Waals surface area contributed by atoms with E-state index in [0.29, 0.717) is 58.6 Å². The average molecular weight is 759 g/mol. The van der Waals surface area contributed by atoms with Gasteiger partial charge in [-0.3, -0.25) is 19.3 Å². The summed E-state index contributed by atoms with van der Waals surface area (Å²) in [4.78, 5) is 55.9. The van der Waals surface area contributed by atoms with Crippen LogP contribution in [0.25, 0.3) is 10.9 Å². The summed E-state index contributed by atoms with van der Waals surface area (Å²) >= 11 is 6.81. The van der Waals surface area contributed by atoms with E-state index in [1.54, 1.807) is 31.0 Å². The molecule has 13 nitrogen and oxygen atoms in total. The molecule has 3 heterocycles. The third-order valence-electron chi connectivity index (χ3n) is 9.87. The first-order valence-corrected chi connectivity index (χ1v) is 18.1. The third kappa shape index (κ3) is 9.17. The van der Waals surface area contributed by atoms with E-state index < -0.39 is 23.5 Å². The van der Waals surface area contributed by atoms with Crippen molar-refractivity contribution in [1.82, 2.24) is 30.4 Å². The predicted molar refractivity (Wildman–Crippen MR) is 210 cm³/mol. The standard InChI is InChI=1S/C37H52ClN9O4.ClH/c1-22(2)45-14-16-46(17-15-45)29-12-11-24(18-26(29)38)42-33-25-19-28(31(51-8)20-27(25)40-21-41-33)43-35(49)30-10-9-13-47(30)36(50)32(37(4,5)6)44-34(48)23(3)39-7;/h11-12,18-23,30,32,39H,9-10,13-17H2,1-8H3,(H,43,49)(H,44,48)(H,40,41,42);1H. The number of hydrogen-bond acceptors (Lipinski definition) is 10. The highest BCUT2D eigenvalue weighted by molar-refractivity contribution is 6.33. The molecule has 2 fully saturated rings. The fourth-order valence-corrected chi connectivity index (χ4v) is 6.94. The van der Waals surface area contributed by atoms with Crippen LogP contribution in [-0.4, -0.2) is 109 Å². The predicted octanol–water partition coefficient (Wildman–Crippen LogP) is 5.06. The van der Waals surface area contributed by atoms with Gasteiger partial charge in [-0.05, 0) is 70.3 Å². The number of hydrogen-bond donors (Lipinski definition) is 4. The highest BCUT2D eigenvalue weighted by Gasteiger charge is 2.42. The number of benzene rings is 2. The second-order valence-corrected chi connectivity index (χ2v) is 15.1. The van der Waals surface area contributed by atoms with Crippen molar-refractivity contribution < 1.29 is 19.1 Å². The summed E-state index contributed by atoms with van der Waals surface area (Å²) in [5, 5.41) is 13.5. The Hall–Kier alpha value is -3.91. The number of amides is 3. The molecule has 1 aromatic heterocycles. The number of nitrogens with zero attached hydrogens (tertiary/aromatic N) is 5. The molecule has 4 N–H and O–H groups in total. The number of methoxy groups -OCH3 is 1. The fraction of sp³-hybridized carbons (Fsp3) is 0.541. The molecule has 3 aromatic rings. The van der Waals surface area contributed by atoms with Gasteiger partial charge < -0.3 is 35.8 Å². The summed E-state index contributed by atoms with van der Waals surface area (Å²) in [5.74, 6) is 0.0394. The van der Waals surface area contributed by atoms with Crippen molar-refractivity contribution in [2.45, 2.75) is 78.6 Å². The zero-order valence-corrected chi connectivity index (χ0v) is 33.0. The largest absolute Gasteiger partial charge is 0.494 e. The van der Waals surface area contributed by atoms with E-state index in [-0.39, 0.29) is 30.1 Å². The van der Waals surface area contributed by atoms with Gasteiger partial charge in [0.2, 0.25) is 17.7 Å². The van der Waals surface area contributed by atoms with E-state index >= 15 is 0 Å². The smallest absolute Gasteiger partial charge is 0.247 e. The van der Waals surface area contributed by atoms with Gasteiger partial charge in [0.05, 0.1) is 35.1 Å². The van der Waals surface area contributed by atoms with E-state index in [1.165, 1.54) is 13.4 Å². The zero-order valence-electron chi connectivity index (χ0n) is 31.4. The van der Waals surface area contributed by atoms with Crippen LogP contribution in [0.3, 0.4) is 0 Å². The summed E-state index contributed by atoms with van der Waals surface area (Å²) < 4.78 is 5.66. The van der Waals surface area contributed by atoms with Crippen molar-refractivity contribution in [3.05, 3.63) is 41.7 Å². The maximum absolute atomic E-state index is 13.9. The monoisotopic (exact) mass is 757 g/mol. The first-order chi connectivity index (χ1) is 24.2. The van der Waals surface area contributed by atoms with Crippen molar-refractivity contribution >= 4 is 75.5 Å². The molecule has 284 valence electrons. The molecule has 0 bridgehead atoms. The van der Waals surface area contributed by atoms with Gasteiger partial charge in [-0.25, -0.2) is 9.97 Å². The molecule has 2 saturated heterocycles. The van der Waals surface area contributed by atoms with E-state index in [0.717, 1.165) is 37.6 Å². The Labute approximate surface area is 318 Å². The number of piperazine rings is 1. The number of rotatable bonds is 11. The summed E-state index contributed by atoms with van der Waals surface area (Å²) in [6.45, 7) is 16.1. The molecule has 2 aromatic carbocycles. The molecule has 0 spiro atoms. The molecule has 0 radical (unpaired) electrons. The number of ether oxygens (including phenoxy) is 1. The summed E-state index contributed by atoms with van der Waals surface area (Å²) in [6.07, 6.45) is 2.62. The lowest BCUT2D eigenvalue weighted by molar-refractivity contribution is -0.143. The lowest BCUT2D eigenvalue weighted by Crippen LogP contribution is -2.59. The molecule has 2 aliphatic heterocycles. The number of carbonyl (C=O) groups excluding carboxylic acids is 3. The van der Waals surface area contributed by atoms with Gasteiger partial charge in [0, 0.05) is 55.9 Å². The number of likely N-dealkylation sites (N-methyl/N-ethyl adjacent to an activating group) is 1. The van der Waals surface area contributed by atoms with E-state index in [4.69, 9.17) is 16.3 Å². The number of halogens is 2. The van der Waals surface area contributed by atoms with Crippen molar-refractivity contribution in [3.8, 4) is 5.75 Å². The molecule has 52 heavy (non-hydrogen) atoms. The number of nitrogens with one attached hydrogen (secondary N) is 4. The maximum Gasteiger partial charge on any atom is 0.247 e. The van der Waals surface area contributed by atoms with Crippen LogP contribution in [0.1, 0.15) is 54.4 Å². The number of carbonyl (C=O) groups is 3. The minimum atomic E-state index is -0.812. The molecule has 3 atom stereocenters. The Morgan fingerprint density at radius 2 is 1.71 bits per heavy atom. The molecule has 5 rings (SSSR count). The Balaban J connectivity index is 0.00000605. The lowest BCUT2D eigenvalue weighted by Gasteiger charge is -2.38. The van der Waals surface area contributed by atoms with Gasteiger partial charge in [-0.2, -0.15) is 0 Å². The quantitative estimate of drug-likeness (QED) is 0.210. The highest BCUT2D eigenvalue weighted by Crippen LogP contribution is 2.36. The first-order valence-electron chi connectivity index (χ1n) is 17.7. The van der Waals surface area contributed by atoms with E-state index in [9.17, 15) is 14.4 Å². The minimum Gasteiger partial charge on any atom is -0.494 e. The van der Waals surface area contributed by atoms with Gasteiger partial charge >= 0.3 is 0 Å².